The Bertz CT molecular complexity index is 702. The summed E-state index contributed by atoms with van der Waals surface area (Å²) in [4.78, 5) is 10.5. The normalized spacial score (nSPS) is 21.4. The number of carboxylic acid groups (broad SMARTS) is 1. The van der Waals surface area contributed by atoms with Gasteiger partial charge in [-0.25, -0.2) is 0 Å². The van der Waals surface area contributed by atoms with Crippen LogP contribution in [0.25, 0.3) is 0 Å². The molecule has 0 spiro atoms. The van der Waals surface area contributed by atoms with Gasteiger partial charge in [-0.15, -0.1) is 0 Å². The van der Waals surface area contributed by atoms with Crippen LogP contribution >= 0.6 is 0 Å². The maximum absolute atomic E-state index is 10.5. The zero-order valence-electron chi connectivity index (χ0n) is 29.3. The van der Waals surface area contributed by atoms with Gasteiger partial charge >= 0.3 is 5.97 Å². The van der Waals surface area contributed by atoms with E-state index in [0.717, 1.165) is 111 Å². The number of rotatable bonds is 35. The van der Waals surface area contributed by atoms with Crippen LogP contribution in [0.2, 0.25) is 0 Å². The van der Waals surface area contributed by atoms with Crippen molar-refractivity contribution in [2.24, 2.45) is 0 Å². The lowest BCUT2D eigenvalue weighted by molar-refractivity contribution is -0.292. The summed E-state index contributed by atoms with van der Waals surface area (Å²) in [6.45, 7) is 15.6. The van der Waals surface area contributed by atoms with Gasteiger partial charge in [0.05, 0.1) is 12.7 Å². The molecule has 0 aromatic carbocycles. The maximum atomic E-state index is 10.5. The van der Waals surface area contributed by atoms with Crippen molar-refractivity contribution < 1.29 is 34.7 Å². The fourth-order valence-electron chi connectivity index (χ4n) is 5.21. The smallest absolute Gasteiger partial charge is 0.303 e. The third-order valence-electron chi connectivity index (χ3n) is 8.19. The minimum absolute atomic E-state index is 0.280. The first-order valence-electron chi connectivity index (χ1n) is 18.4. The van der Waals surface area contributed by atoms with Crippen molar-refractivity contribution in [3.05, 3.63) is 0 Å². The van der Waals surface area contributed by atoms with E-state index in [9.17, 15) is 20.1 Å². The fraction of sp³-hybridized carbons (Fsp3) is 0.970. The van der Waals surface area contributed by atoms with Crippen molar-refractivity contribution in [1.29, 1.82) is 0 Å². The standard InChI is InChI=1S/C33H71N7O7/c1-28-30(43)31(44)32(45)33(47-28)46-27-26-38-17-8-3-2-7-13-34-18-22-39-24-20-36-15-10-5-11-16-37-21-25-40-23-19-35-14-9-4-6-12-29(41)42/h28,30-40,43-45H,2-27H2,1H3,(H,41,42)/t28?,30?,31-,32+,33-/m1/s1. The minimum atomic E-state index is -1.26. The van der Waals surface area contributed by atoms with Gasteiger partial charge in [-0.1, -0.05) is 25.7 Å². The molecule has 1 saturated heterocycles. The van der Waals surface area contributed by atoms with Crippen LogP contribution < -0.4 is 37.2 Å². The van der Waals surface area contributed by atoms with Crippen molar-refractivity contribution in [2.75, 3.05) is 98.2 Å². The minimum Gasteiger partial charge on any atom is -0.481 e. The summed E-state index contributed by atoms with van der Waals surface area (Å²) in [5.74, 6) is -0.702. The fourth-order valence-corrected chi connectivity index (χ4v) is 5.21. The summed E-state index contributed by atoms with van der Waals surface area (Å²) in [5, 5.41) is 62.2. The Labute approximate surface area is 284 Å². The van der Waals surface area contributed by atoms with Crippen molar-refractivity contribution >= 4 is 5.97 Å². The van der Waals surface area contributed by atoms with E-state index >= 15 is 0 Å². The molecule has 0 aromatic rings. The van der Waals surface area contributed by atoms with Crippen LogP contribution in [0.3, 0.4) is 0 Å². The van der Waals surface area contributed by atoms with E-state index < -0.39 is 36.7 Å². The second kappa shape index (κ2) is 32.2. The zero-order valence-corrected chi connectivity index (χ0v) is 29.3. The molecule has 14 nitrogen and oxygen atoms in total. The molecule has 0 bridgehead atoms. The van der Waals surface area contributed by atoms with E-state index in [1.54, 1.807) is 6.92 Å². The van der Waals surface area contributed by atoms with Crippen LogP contribution in [0.5, 0.6) is 0 Å². The van der Waals surface area contributed by atoms with Gasteiger partial charge in [0.15, 0.2) is 6.29 Å². The Balaban J connectivity index is 1.66. The molecule has 1 fully saturated rings. The Morgan fingerprint density at radius 1 is 0.511 bits per heavy atom. The molecular formula is C33H71N7O7. The highest BCUT2D eigenvalue weighted by Crippen LogP contribution is 2.21. The number of carboxylic acids is 1. The summed E-state index contributed by atoms with van der Waals surface area (Å²) >= 11 is 0. The van der Waals surface area contributed by atoms with Gasteiger partial charge in [-0.2, -0.15) is 0 Å². The number of unbranched alkanes of at least 4 members (excludes halogenated alkanes) is 7. The van der Waals surface area contributed by atoms with Crippen LogP contribution in [0, 0.1) is 0 Å². The monoisotopic (exact) mass is 678 g/mol. The van der Waals surface area contributed by atoms with E-state index in [0.29, 0.717) is 13.2 Å². The first kappa shape index (κ1) is 44.0. The molecule has 0 aliphatic carbocycles. The number of hydrogen-bond acceptors (Lipinski definition) is 13. The number of aliphatic hydroxyl groups excluding tert-OH is 3. The maximum Gasteiger partial charge on any atom is 0.303 e. The second-order valence-corrected chi connectivity index (χ2v) is 12.5. The molecule has 2 unspecified atom stereocenters. The van der Waals surface area contributed by atoms with E-state index in [1.807, 2.05) is 0 Å². The van der Waals surface area contributed by atoms with Gasteiger partial charge in [0.25, 0.3) is 0 Å². The molecule has 0 amide bonds. The van der Waals surface area contributed by atoms with Crippen molar-refractivity contribution in [3.8, 4) is 0 Å². The van der Waals surface area contributed by atoms with Gasteiger partial charge in [0, 0.05) is 65.3 Å². The molecule has 14 heteroatoms. The third-order valence-corrected chi connectivity index (χ3v) is 8.19. The average Bonchev–Trinajstić information content (AvgIpc) is 3.06. The Morgan fingerprint density at radius 2 is 0.872 bits per heavy atom. The summed E-state index contributed by atoms with van der Waals surface area (Å²) in [5.41, 5.74) is 0. The molecule has 280 valence electrons. The second-order valence-electron chi connectivity index (χ2n) is 12.5. The van der Waals surface area contributed by atoms with Gasteiger partial charge in [0.2, 0.25) is 0 Å². The highest BCUT2D eigenvalue weighted by molar-refractivity contribution is 5.66. The van der Waals surface area contributed by atoms with E-state index in [-0.39, 0.29) is 6.42 Å². The van der Waals surface area contributed by atoms with Crippen molar-refractivity contribution in [3.63, 3.8) is 0 Å². The quantitative estimate of drug-likeness (QED) is 0.0378. The molecule has 47 heavy (non-hydrogen) atoms. The van der Waals surface area contributed by atoms with Crippen molar-refractivity contribution in [2.45, 2.75) is 108 Å². The SMILES string of the molecule is CC1O[C@@H](OCCNCCCCCCNCCNCCNCCCCCNCCNCCNCCCCCC(=O)O)[C@@H](O)[C@H](O)C1O. The zero-order chi connectivity index (χ0) is 34.2. The highest BCUT2D eigenvalue weighted by Gasteiger charge is 2.42. The van der Waals surface area contributed by atoms with Gasteiger partial charge in [-0.3, -0.25) is 4.79 Å². The Morgan fingerprint density at radius 3 is 1.30 bits per heavy atom. The largest absolute Gasteiger partial charge is 0.481 e. The first-order chi connectivity index (χ1) is 22.9. The van der Waals surface area contributed by atoms with Crippen LogP contribution in [-0.4, -0.2) is 155 Å². The van der Waals surface area contributed by atoms with E-state index in [4.69, 9.17) is 14.6 Å². The van der Waals surface area contributed by atoms with Crippen LogP contribution in [-0.2, 0) is 14.3 Å². The Hall–Kier alpha value is -1.01. The van der Waals surface area contributed by atoms with Crippen molar-refractivity contribution in [1.82, 2.24) is 37.2 Å². The number of nitrogens with one attached hydrogen (secondary N) is 7. The molecular weight excluding hydrogens is 606 g/mol. The van der Waals surface area contributed by atoms with Gasteiger partial charge < -0.3 is 67.1 Å². The third kappa shape index (κ3) is 26.5. The number of aliphatic carboxylic acids is 1. The lowest BCUT2D eigenvalue weighted by atomic mass is 10.0. The predicted octanol–water partition coefficient (Wildman–Crippen LogP) is -0.667. The molecule has 0 radical (unpaired) electrons. The van der Waals surface area contributed by atoms with Crippen LogP contribution in [0.4, 0.5) is 0 Å². The topological polar surface area (TPSA) is 201 Å². The molecule has 5 atom stereocenters. The molecule has 1 aliphatic heterocycles. The summed E-state index contributed by atoms with van der Waals surface area (Å²) in [7, 11) is 0. The Kier molecular flexibility index (Phi) is 30.2. The molecule has 1 heterocycles. The lowest BCUT2D eigenvalue weighted by Gasteiger charge is -2.38. The highest BCUT2D eigenvalue weighted by atomic mass is 16.7. The number of ether oxygens (including phenoxy) is 2. The van der Waals surface area contributed by atoms with E-state index in [2.05, 4.69) is 37.2 Å². The lowest BCUT2D eigenvalue weighted by Crippen LogP contribution is -2.57. The first-order valence-corrected chi connectivity index (χ1v) is 18.4. The predicted molar refractivity (Wildman–Crippen MR) is 187 cm³/mol. The summed E-state index contributed by atoms with van der Waals surface area (Å²) < 4.78 is 10.9. The molecule has 0 saturated carbocycles. The van der Waals surface area contributed by atoms with Gasteiger partial charge in [-0.05, 0) is 78.2 Å². The van der Waals surface area contributed by atoms with E-state index in [1.165, 1.54) is 38.5 Å². The summed E-state index contributed by atoms with van der Waals surface area (Å²) in [6.07, 6.45) is 6.30. The molecule has 1 aliphatic rings. The number of aliphatic hydroxyl groups is 3. The number of carbonyl (C=O) groups is 1. The van der Waals surface area contributed by atoms with Gasteiger partial charge in [0.1, 0.15) is 18.3 Å². The summed E-state index contributed by atoms with van der Waals surface area (Å²) in [6, 6.07) is 0. The molecule has 0 aromatic heterocycles. The van der Waals surface area contributed by atoms with Crippen LogP contribution in [0.1, 0.15) is 77.6 Å². The number of hydrogen-bond donors (Lipinski definition) is 11. The average molecular weight is 678 g/mol. The molecule has 1 rings (SSSR count). The van der Waals surface area contributed by atoms with Crippen LogP contribution in [0.15, 0.2) is 0 Å². The molecule has 11 N–H and O–H groups in total.